The third-order valence-electron chi connectivity index (χ3n) is 3.91. The van der Waals surface area contributed by atoms with Crippen molar-refractivity contribution in [1.82, 2.24) is 4.98 Å². The summed E-state index contributed by atoms with van der Waals surface area (Å²) < 4.78 is 11.2. The molecule has 6 nitrogen and oxygen atoms in total. The third kappa shape index (κ3) is 6.20. The molecule has 0 radical (unpaired) electrons. The number of carbonyl (C=O) groups excluding carboxylic acids is 2. The van der Waals surface area contributed by atoms with Crippen LogP contribution < -0.4 is 14.8 Å². The zero-order valence-electron chi connectivity index (χ0n) is 16.9. The van der Waals surface area contributed by atoms with Gasteiger partial charge in [-0.3, -0.25) is 14.9 Å². The minimum Gasteiger partial charge on any atom is -0.493 e. The fraction of sp³-hybridized carbons (Fsp3) is 0.381. The fourth-order valence-corrected chi connectivity index (χ4v) is 3.27. The summed E-state index contributed by atoms with van der Waals surface area (Å²) in [6.45, 7) is 8.15. The van der Waals surface area contributed by atoms with E-state index < -0.39 is 0 Å². The highest BCUT2D eigenvalue weighted by atomic mass is 32.1. The monoisotopic (exact) mass is 402 g/mol. The minimum absolute atomic E-state index is 0.0613. The summed E-state index contributed by atoms with van der Waals surface area (Å²) in [5, 5.41) is 3.09. The second-order valence-corrected chi connectivity index (χ2v) is 7.75. The Kier molecular flexibility index (Phi) is 7.75. The van der Waals surface area contributed by atoms with E-state index in [1.807, 2.05) is 18.2 Å². The highest BCUT2D eigenvalue weighted by Gasteiger charge is 2.12. The van der Waals surface area contributed by atoms with Crippen LogP contribution in [-0.2, 0) is 4.79 Å². The number of nitrogens with one attached hydrogen (secondary N) is 1. The summed E-state index contributed by atoms with van der Waals surface area (Å²) in [4.78, 5) is 28.4. The van der Waals surface area contributed by atoms with Crippen LogP contribution in [0.25, 0.3) is 6.08 Å². The van der Waals surface area contributed by atoms with Crippen molar-refractivity contribution < 1.29 is 19.1 Å². The molecular formula is C21H26N2O4S. The maximum Gasteiger partial charge on any atom is 0.250 e. The topological polar surface area (TPSA) is 77.5 Å². The smallest absolute Gasteiger partial charge is 0.250 e. The molecular weight excluding hydrogens is 376 g/mol. The number of hydrogen-bond acceptors (Lipinski definition) is 6. The molecule has 1 aromatic heterocycles. The summed E-state index contributed by atoms with van der Waals surface area (Å²) in [5.74, 6) is 1.49. The van der Waals surface area contributed by atoms with Gasteiger partial charge in [-0.05, 0) is 43.0 Å². The Morgan fingerprint density at radius 3 is 2.64 bits per heavy atom. The van der Waals surface area contributed by atoms with Crippen LogP contribution in [0.5, 0.6) is 11.5 Å². The number of benzene rings is 1. The van der Waals surface area contributed by atoms with Crippen molar-refractivity contribution in [3.63, 3.8) is 0 Å². The summed E-state index contributed by atoms with van der Waals surface area (Å²) in [6.07, 6.45) is 4.06. The van der Waals surface area contributed by atoms with Crippen LogP contribution in [0.15, 0.2) is 24.3 Å². The quantitative estimate of drug-likeness (QED) is 0.484. The summed E-state index contributed by atoms with van der Waals surface area (Å²) >= 11 is 1.17. The molecule has 1 aromatic carbocycles. The Morgan fingerprint density at radius 1 is 1.29 bits per heavy atom. The lowest BCUT2D eigenvalue weighted by atomic mass is 10.1. The number of aryl methyl sites for hydroxylation is 1. The number of aromatic nitrogens is 1. The summed E-state index contributed by atoms with van der Waals surface area (Å²) in [6, 6.07) is 5.51. The van der Waals surface area contributed by atoms with Crippen LogP contribution in [0.3, 0.4) is 0 Å². The molecule has 0 atom stereocenters. The average Bonchev–Trinajstić information content (AvgIpc) is 3.00. The molecule has 0 aliphatic carbocycles. The lowest BCUT2D eigenvalue weighted by Crippen LogP contribution is -2.07. The largest absolute Gasteiger partial charge is 0.493 e. The van der Waals surface area contributed by atoms with Gasteiger partial charge in [-0.1, -0.05) is 31.3 Å². The molecule has 0 unspecified atom stereocenters. The first kappa shape index (κ1) is 21.6. The van der Waals surface area contributed by atoms with Crippen molar-refractivity contribution in [2.45, 2.75) is 34.1 Å². The Hall–Kier alpha value is -2.67. The predicted octanol–water partition coefficient (Wildman–Crippen LogP) is 4.74. The van der Waals surface area contributed by atoms with E-state index in [0.29, 0.717) is 39.7 Å². The normalized spacial score (nSPS) is 11.1. The van der Waals surface area contributed by atoms with Crippen LogP contribution in [0.1, 0.15) is 48.1 Å². The number of methoxy groups -OCH3 is 1. The average molecular weight is 403 g/mol. The highest BCUT2D eigenvalue weighted by Crippen LogP contribution is 2.29. The molecule has 7 heteroatoms. The van der Waals surface area contributed by atoms with Crippen molar-refractivity contribution in [2.75, 3.05) is 19.0 Å². The molecule has 0 bridgehead atoms. The van der Waals surface area contributed by atoms with Crippen molar-refractivity contribution in [3.05, 3.63) is 40.4 Å². The zero-order chi connectivity index (χ0) is 20.7. The number of rotatable bonds is 9. The van der Waals surface area contributed by atoms with Crippen LogP contribution >= 0.6 is 11.3 Å². The molecule has 28 heavy (non-hydrogen) atoms. The molecule has 0 aliphatic rings. The summed E-state index contributed by atoms with van der Waals surface area (Å²) in [7, 11) is 1.59. The van der Waals surface area contributed by atoms with Crippen LogP contribution in [0.2, 0.25) is 0 Å². The van der Waals surface area contributed by atoms with Gasteiger partial charge in [-0.2, -0.15) is 0 Å². The Labute approximate surface area is 169 Å². The van der Waals surface area contributed by atoms with E-state index in [0.717, 1.165) is 12.0 Å². The maximum atomic E-state index is 12.1. The number of carbonyl (C=O) groups is 2. The number of ketones is 1. The first-order valence-corrected chi connectivity index (χ1v) is 9.90. The van der Waals surface area contributed by atoms with Gasteiger partial charge < -0.3 is 9.47 Å². The first-order chi connectivity index (χ1) is 13.3. The number of anilines is 1. The molecule has 150 valence electrons. The molecule has 0 saturated carbocycles. The van der Waals surface area contributed by atoms with Crippen molar-refractivity contribution in [1.29, 1.82) is 0 Å². The number of amides is 1. The van der Waals surface area contributed by atoms with E-state index >= 15 is 0 Å². The lowest BCUT2D eigenvalue weighted by molar-refractivity contribution is -0.111. The summed E-state index contributed by atoms with van der Waals surface area (Å²) in [5.41, 5.74) is 1.43. The van der Waals surface area contributed by atoms with Gasteiger partial charge in [-0.15, -0.1) is 0 Å². The van der Waals surface area contributed by atoms with Crippen molar-refractivity contribution in [3.8, 4) is 11.5 Å². The molecule has 2 rings (SSSR count). The molecule has 0 saturated heterocycles. The van der Waals surface area contributed by atoms with Crippen LogP contribution in [0.4, 0.5) is 5.13 Å². The van der Waals surface area contributed by atoms with Gasteiger partial charge in [-0.25, -0.2) is 4.98 Å². The SMILES string of the molecule is COc1cc(/C=C/C(=O)Nc2nc(C)c(C(C)=O)s2)ccc1OCCC(C)C. The van der Waals surface area contributed by atoms with E-state index in [-0.39, 0.29) is 11.7 Å². The second-order valence-electron chi connectivity index (χ2n) is 6.75. The van der Waals surface area contributed by atoms with Crippen LogP contribution in [-0.4, -0.2) is 30.4 Å². The third-order valence-corrected chi connectivity index (χ3v) is 5.09. The van der Waals surface area contributed by atoms with Crippen molar-refractivity contribution in [2.24, 2.45) is 5.92 Å². The number of ether oxygens (including phenoxy) is 2. The molecule has 2 aromatic rings. The molecule has 1 N–H and O–H groups in total. The minimum atomic E-state index is -0.319. The van der Waals surface area contributed by atoms with E-state index in [4.69, 9.17) is 9.47 Å². The number of nitrogens with zero attached hydrogens (tertiary/aromatic N) is 1. The second kappa shape index (κ2) is 10.0. The standard InChI is InChI=1S/C21H26N2O4S/c1-13(2)10-11-27-17-8-6-16(12-18(17)26-5)7-9-19(25)23-21-22-14(3)20(28-21)15(4)24/h6-9,12-13H,10-11H2,1-5H3,(H,22,23,25)/b9-7+. The van der Waals surface area contributed by atoms with Gasteiger partial charge in [0.2, 0.25) is 5.91 Å². The van der Waals surface area contributed by atoms with E-state index in [2.05, 4.69) is 24.1 Å². The van der Waals surface area contributed by atoms with Gasteiger partial charge in [0.15, 0.2) is 22.4 Å². The van der Waals surface area contributed by atoms with Crippen molar-refractivity contribution >= 4 is 34.2 Å². The van der Waals surface area contributed by atoms with E-state index in [1.54, 1.807) is 20.1 Å². The van der Waals surface area contributed by atoms with Gasteiger partial charge >= 0.3 is 0 Å². The van der Waals surface area contributed by atoms with E-state index in [9.17, 15) is 9.59 Å². The molecule has 1 amide bonds. The number of Topliss-reactive ketones (excluding diaryl/α,β-unsaturated/α-hetero) is 1. The lowest BCUT2D eigenvalue weighted by Gasteiger charge is -2.12. The van der Waals surface area contributed by atoms with Crippen LogP contribution in [0, 0.1) is 12.8 Å². The molecule has 1 heterocycles. The number of thiazole rings is 1. The molecule has 0 spiro atoms. The van der Waals surface area contributed by atoms with E-state index in [1.165, 1.54) is 24.3 Å². The first-order valence-electron chi connectivity index (χ1n) is 9.08. The zero-order valence-corrected chi connectivity index (χ0v) is 17.7. The number of hydrogen-bond donors (Lipinski definition) is 1. The highest BCUT2D eigenvalue weighted by molar-refractivity contribution is 7.17. The Morgan fingerprint density at radius 2 is 2.04 bits per heavy atom. The molecule has 0 fully saturated rings. The van der Waals surface area contributed by atoms with Gasteiger partial charge in [0.1, 0.15) is 0 Å². The Balaban J connectivity index is 2.01. The predicted molar refractivity (Wildman–Crippen MR) is 112 cm³/mol. The van der Waals surface area contributed by atoms with Gasteiger partial charge in [0.25, 0.3) is 0 Å². The van der Waals surface area contributed by atoms with Gasteiger partial charge in [0.05, 0.1) is 24.3 Å². The van der Waals surface area contributed by atoms with Gasteiger partial charge in [0, 0.05) is 13.0 Å². The Bertz CT molecular complexity index is 871. The fourth-order valence-electron chi connectivity index (χ4n) is 2.41. The maximum absolute atomic E-state index is 12.1. The molecule has 0 aliphatic heterocycles.